The summed E-state index contributed by atoms with van der Waals surface area (Å²) >= 11 is 0. The van der Waals surface area contributed by atoms with Crippen molar-refractivity contribution < 1.29 is 4.42 Å². The second-order valence-electron chi connectivity index (χ2n) is 8.16. The van der Waals surface area contributed by atoms with Crippen molar-refractivity contribution in [2.75, 3.05) is 5.32 Å². The molecule has 2 aromatic heterocycles. The first-order valence-electron chi connectivity index (χ1n) is 10.9. The zero-order chi connectivity index (χ0) is 21.2. The summed E-state index contributed by atoms with van der Waals surface area (Å²) in [6, 6.07) is 16.2. The lowest BCUT2D eigenvalue weighted by atomic mass is 10.1. The van der Waals surface area contributed by atoms with Crippen LogP contribution in [0.5, 0.6) is 0 Å². The first-order valence-corrected chi connectivity index (χ1v) is 10.9. The number of rotatable bonds is 5. The van der Waals surface area contributed by atoms with E-state index in [0.717, 1.165) is 41.4 Å². The van der Waals surface area contributed by atoms with Gasteiger partial charge in [0.2, 0.25) is 11.8 Å². The highest BCUT2D eigenvalue weighted by molar-refractivity contribution is 5.63. The Bertz CT molecular complexity index is 1180. The molecule has 0 fully saturated rings. The van der Waals surface area contributed by atoms with E-state index >= 15 is 0 Å². The van der Waals surface area contributed by atoms with Crippen LogP contribution in [0.2, 0.25) is 0 Å². The molecule has 7 nitrogen and oxygen atoms in total. The molecule has 4 aromatic rings. The quantitative estimate of drug-likeness (QED) is 0.483. The maximum Gasteiger partial charge on any atom is 0.247 e. The maximum atomic E-state index is 5.92. The molecule has 3 heterocycles. The van der Waals surface area contributed by atoms with Crippen LogP contribution >= 0.6 is 0 Å². The highest BCUT2D eigenvalue weighted by atomic mass is 16.4. The summed E-state index contributed by atoms with van der Waals surface area (Å²) < 4.78 is 8.19. The Morgan fingerprint density at radius 3 is 2.68 bits per heavy atom. The molecular weight excluding hydrogens is 388 g/mol. The summed E-state index contributed by atoms with van der Waals surface area (Å²) in [5.74, 6) is 3.11. The summed E-state index contributed by atoms with van der Waals surface area (Å²) in [6.07, 6.45) is 4.61. The van der Waals surface area contributed by atoms with Gasteiger partial charge in [0.25, 0.3) is 0 Å². The standard InChI is InChI=1S/C24H26N6O/c1-16-10-12-18(13-11-16)24-29-28-23(31-24)17(2)25-20-8-6-7-19(15-20)22-27-26-21-9-4-3-5-14-30(21)22/h6-8,10-13,15,17,25H,3-5,9,14H2,1-2H3/t17-/m1/s1. The highest BCUT2D eigenvalue weighted by Crippen LogP contribution is 2.27. The van der Waals surface area contributed by atoms with Gasteiger partial charge in [-0.3, -0.25) is 0 Å². The number of hydrogen-bond donors (Lipinski definition) is 1. The number of benzene rings is 2. The van der Waals surface area contributed by atoms with Crippen LogP contribution in [0.25, 0.3) is 22.8 Å². The lowest BCUT2D eigenvalue weighted by Crippen LogP contribution is -2.07. The van der Waals surface area contributed by atoms with E-state index in [4.69, 9.17) is 4.42 Å². The van der Waals surface area contributed by atoms with E-state index in [0.29, 0.717) is 11.8 Å². The number of fused-ring (bicyclic) bond motifs is 1. The largest absolute Gasteiger partial charge is 0.418 e. The molecule has 158 valence electrons. The molecule has 0 unspecified atom stereocenters. The van der Waals surface area contributed by atoms with Gasteiger partial charge in [0.1, 0.15) is 11.9 Å². The third-order valence-corrected chi connectivity index (χ3v) is 5.72. The van der Waals surface area contributed by atoms with Crippen LogP contribution in [0.15, 0.2) is 52.9 Å². The first kappa shape index (κ1) is 19.5. The van der Waals surface area contributed by atoms with Crippen molar-refractivity contribution in [3.05, 3.63) is 65.8 Å². The molecule has 7 heteroatoms. The summed E-state index contributed by atoms with van der Waals surface area (Å²) in [5, 5.41) is 20.8. The predicted octanol–water partition coefficient (Wildman–Crippen LogP) is 5.20. The topological polar surface area (TPSA) is 81.7 Å². The van der Waals surface area contributed by atoms with Gasteiger partial charge in [0.05, 0.1) is 0 Å². The third kappa shape index (κ3) is 4.08. The summed E-state index contributed by atoms with van der Waals surface area (Å²) in [4.78, 5) is 0. The SMILES string of the molecule is Cc1ccc(-c2nnc([C@@H](C)Nc3cccc(-c4nnc5n4CCCCC5)c3)o2)cc1. The van der Waals surface area contributed by atoms with Crippen LogP contribution < -0.4 is 5.32 Å². The van der Waals surface area contributed by atoms with Crippen molar-refractivity contribution in [2.45, 2.75) is 52.1 Å². The van der Waals surface area contributed by atoms with Crippen LogP contribution in [0, 0.1) is 6.92 Å². The third-order valence-electron chi connectivity index (χ3n) is 5.72. The minimum absolute atomic E-state index is 0.127. The van der Waals surface area contributed by atoms with Crippen LogP contribution in [-0.2, 0) is 13.0 Å². The van der Waals surface area contributed by atoms with E-state index in [2.05, 4.69) is 49.3 Å². The smallest absolute Gasteiger partial charge is 0.247 e. The fourth-order valence-electron chi connectivity index (χ4n) is 3.98. The number of aromatic nitrogens is 5. The number of anilines is 1. The van der Waals surface area contributed by atoms with Crippen molar-refractivity contribution >= 4 is 5.69 Å². The fourth-order valence-corrected chi connectivity index (χ4v) is 3.98. The van der Waals surface area contributed by atoms with Gasteiger partial charge in [-0.05, 0) is 51.0 Å². The maximum absolute atomic E-state index is 5.92. The average Bonchev–Trinajstić information content (AvgIpc) is 3.37. The molecule has 0 saturated heterocycles. The van der Waals surface area contributed by atoms with Crippen LogP contribution in [-0.4, -0.2) is 25.0 Å². The number of aryl methyl sites for hydroxylation is 2. The number of nitrogens with one attached hydrogen (secondary N) is 1. The average molecular weight is 415 g/mol. The van der Waals surface area contributed by atoms with Gasteiger partial charge in [-0.2, -0.15) is 0 Å². The Kier molecular flexibility index (Phi) is 5.24. The second-order valence-corrected chi connectivity index (χ2v) is 8.16. The molecule has 1 atom stereocenters. The van der Waals surface area contributed by atoms with Crippen LogP contribution in [0.1, 0.15) is 49.5 Å². The lowest BCUT2D eigenvalue weighted by molar-refractivity contribution is 0.485. The van der Waals surface area contributed by atoms with E-state index in [9.17, 15) is 0 Å². The molecule has 5 rings (SSSR count). The Morgan fingerprint density at radius 2 is 1.81 bits per heavy atom. The Hall–Kier alpha value is -3.48. The van der Waals surface area contributed by atoms with Crippen LogP contribution in [0.3, 0.4) is 0 Å². The van der Waals surface area contributed by atoms with E-state index in [1.165, 1.54) is 24.8 Å². The number of nitrogens with zero attached hydrogens (tertiary/aromatic N) is 5. The van der Waals surface area contributed by atoms with Crippen molar-refractivity contribution in [2.24, 2.45) is 0 Å². The van der Waals surface area contributed by atoms with Crippen molar-refractivity contribution in [1.82, 2.24) is 25.0 Å². The predicted molar refractivity (Wildman–Crippen MR) is 120 cm³/mol. The normalized spacial score (nSPS) is 14.6. The van der Waals surface area contributed by atoms with E-state index in [1.807, 2.05) is 43.3 Å². The van der Waals surface area contributed by atoms with Crippen LogP contribution in [0.4, 0.5) is 5.69 Å². The molecule has 0 amide bonds. The summed E-state index contributed by atoms with van der Waals surface area (Å²) in [7, 11) is 0. The Morgan fingerprint density at radius 1 is 0.935 bits per heavy atom. The van der Waals surface area contributed by atoms with Gasteiger partial charge in [-0.15, -0.1) is 20.4 Å². The van der Waals surface area contributed by atoms with Gasteiger partial charge in [-0.1, -0.05) is 36.2 Å². The second kappa shape index (κ2) is 8.34. The highest BCUT2D eigenvalue weighted by Gasteiger charge is 2.18. The summed E-state index contributed by atoms with van der Waals surface area (Å²) in [6.45, 7) is 5.05. The molecule has 0 radical (unpaired) electrons. The molecule has 0 spiro atoms. The zero-order valence-electron chi connectivity index (χ0n) is 17.9. The molecular formula is C24H26N6O. The molecule has 31 heavy (non-hydrogen) atoms. The first-order chi connectivity index (χ1) is 15.2. The minimum Gasteiger partial charge on any atom is -0.418 e. The van der Waals surface area contributed by atoms with E-state index in [1.54, 1.807) is 0 Å². The van der Waals surface area contributed by atoms with Gasteiger partial charge in [0, 0.05) is 29.8 Å². The molecule has 1 aliphatic heterocycles. The fraction of sp³-hybridized carbons (Fsp3) is 0.333. The van der Waals surface area contributed by atoms with Crippen molar-refractivity contribution in [3.8, 4) is 22.8 Å². The lowest BCUT2D eigenvalue weighted by Gasteiger charge is -2.13. The molecule has 0 bridgehead atoms. The van der Waals surface area contributed by atoms with E-state index in [-0.39, 0.29) is 6.04 Å². The van der Waals surface area contributed by atoms with Crippen molar-refractivity contribution in [3.63, 3.8) is 0 Å². The molecule has 2 aromatic carbocycles. The van der Waals surface area contributed by atoms with Gasteiger partial charge in [0.15, 0.2) is 5.82 Å². The van der Waals surface area contributed by atoms with E-state index < -0.39 is 0 Å². The molecule has 0 aliphatic carbocycles. The van der Waals surface area contributed by atoms with Crippen molar-refractivity contribution in [1.29, 1.82) is 0 Å². The van der Waals surface area contributed by atoms with Gasteiger partial charge >= 0.3 is 0 Å². The Labute approximate surface area is 181 Å². The Balaban J connectivity index is 1.34. The monoisotopic (exact) mass is 414 g/mol. The molecule has 0 saturated carbocycles. The minimum atomic E-state index is -0.127. The van der Waals surface area contributed by atoms with Gasteiger partial charge in [-0.25, -0.2) is 0 Å². The zero-order valence-corrected chi connectivity index (χ0v) is 17.9. The number of hydrogen-bond acceptors (Lipinski definition) is 6. The van der Waals surface area contributed by atoms with Gasteiger partial charge < -0.3 is 14.3 Å². The molecule has 1 N–H and O–H groups in total. The molecule has 1 aliphatic rings. The summed E-state index contributed by atoms with van der Waals surface area (Å²) in [5.41, 5.74) is 4.16.